The molecule has 0 saturated carbocycles. The first-order chi connectivity index (χ1) is 7.66. The lowest BCUT2D eigenvalue weighted by Crippen LogP contribution is -2.04. The minimum absolute atomic E-state index is 0.0789. The molecule has 0 aliphatic carbocycles. The SMILES string of the molecule is O=C(Cc1ccsc1)c1cc(F)ccc1Br. The van der Waals surface area contributed by atoms with Crippen molar-refractivity contribution in [3.8, 4) is 0 Å². The van der Waals surface area contributed by atoms with Gasteiger partial charge in [-0.1, -0.05) is 15.9 Å². The number of carbonyl (C=O) groups is 1. The molecular weight excluding hydrogens is 291 g/mol. The van der Waals surface area contributed by atoms with Crippen molar-refractivity contribution in [2.24, 2.45) is 0 Å². The molecule has 0 unspecified atom stereocenters. The highest BCUT2D eigenvalue weighted by Crippen LogP contribution is 2.20. The molecule has 0 fully saturated rings. The lowest BCUT2D eigenvalue weighted by molar-refractivity contribution is 0.0992. The van der Waals surface area contributed by atoms with E-state index in [1.165, 1.54) is 12.1 Å². The van der Waals surface area contributed by atoms with E-state index in [4.69, 9.17) is 0 Å². The fourth-order valence-corrected chi connectivity index (χ4v) is 2.52. The summed E-state index contributed by atoms with van der Waals surface area (Å²) in [5.74, 6) is -0.471. The van der Waals surface area contributed by atoms with Crippen LogP contribution in [0.5, 0.6) is 0 Å². The Morgan fingerprint density at radius 3 is 2.88 bits per heavy atom. The van der Waals surface area contributed by atoms with Crippen molar-refractivity contribution in [2.45, 2.75) is 6.42 Å². The van der Waals surface area contributed by atoms with E-state index >= 15 is 0 Å². The van der Waals surface area contributed by atoms with E-state index in [9.17, 15) is 9.18 Å². The number of hydrogen-bond donors (Lipinski definition) is 0. The predicted octanol–water partition coefficient (Wildman–Crippen LogP) is 4.08. The minimum atomic E-state index is -0.392. The van der Waals surface area contributed by atoms with Crippen molar-refractivity contribution < 1.29 is 9.18 Å². The normalized spacial score (nSPS) is 10.4. The lowest BCUT2D eigenvalue weighted by atomic mass is 10.1. The summed E-state index contributed by atoms with van der Waals surface area (Å²) in [6, 6.07) is 6.04. The molecule has 1 aromatic heterocycles. The van der Waals surface area contributed by atoms with Crippen LogP contribution in [0.3, 0.4) is 0 Å². The molecule has 2 rings (SSSR count). The molecule has 0 spiro atoms. The molecule has 16 heavy (non-hydrogen) atoms. The molecule has 0 aliphatic rings. The fourth-order valence-electron chi connectivity index (χ4n) is 1.39. The Bertz CT molecular complexity index is 508. The van der Waals surface area contributed by atoms with Gasteiger partial charge in [0.1, 0.15) is 5.82 Å². The largest absolute Gasteiger partial charge is 0.294 e. The van der Waals surface area contributed by atoms with Crippen LogP contribution in [0.15, 0.2) is 39.5 Å². The van der Waals surface area contributed by atoms with Crippen molar-refractivity contribution in [3.05, 3.63) is 56.4 Å². The van der Waals surface area contributed by atoms with Crippen LogP contribution in [-0.4, -0.2) is 5.78 Å². The number of thiophene rings is 1. The number of rotatable bonds is 3. The third-order valence-corrected chi connectivity index (χ3v) is 3.60. The van der Waals surface area contributed by atoms with Gasteiger partial charge in [0.25, 0.3) is 0 Å². The van der Waals surface area contributed by atoms with E-state index in [0.717, 1.165) is 5.56 Å². The maximum absolute atomic E-state index is 13.0. The third kappa shape index (κ3) is 2.57. The molecule has 1 aromatic carbocycles. The second-order valence-electron chi connectivity index (χ2n) is 3.36. The summed E-state index contributed by atoms with van der Waals surface area (Å²) >= 11 is 4.80. The summed E-state index contributed by atoms with van der Waals surface area (Å²) in [6.07, 6.45) is 0.311. The zero-order valence-electron chi connectivity index (χ0n) is 8.24. The summed E-state index contributed by atoms with van der Waals surface area (Å²) in [7, 11) is 0. The molecule has 0 bridgehead atoms. The van der Waals surface area contributed by atoms with Gasteiger partial charge in [-0.2, -0.15) is 11.3 Å². The first-order valence-corrected chi connectivity index (χ1v) is 6.40. The summed E-state index contributed by atoms with van der Waals surface area (Å²) in [5.41, 5.74) is 1.36. The Hall–Kier alpha value is -1.00. The van der Waals surface area contributed by atoms with Gasteiger partial charge in [0, 0.05) is 16.5 Å². The van der Waals surface area contributed by atoms with E-state index in [-0.39, 0.29) is 5.78 Å². The van der Waals surface area contributed by atoms with Crippen molar-refractivity contribution in [2.75, 3.05) is 0 Å². The van der Waals surface area contributed by atoms with Crippen LogP contribution < -0.4 is 0 Å². The van der Waals surface area contributed by atoms with Crippen LogP contribution in [0.1, 0.15) is 15.9 Å². The second-order valence-corrected chi connectivity index (χ2v) is 4.99. The zero-order chi connectivity index (χ0) is 11.5. The third-order valence-electron chi connectivity index (χ3n) is 2.17. The van der Waals surface area contributed by atoms with Gasteiger partial charge in [0.2, 0.25) is 0 Å². The lowest BCUT2D eigenvalue weighted by Gasteiger charge is -2.02. The number of hydrogen-bond acceptors (Lipinski definition) is 2. The Kier molecular flexibility index (Phi) is 3.51. The summed E-state index contributed by atoms with van der Waals surface area (Å²) in [6.45, 7) is 0. The van der Waals surface area contributed by atoms with E-state index in [1.807, 2.05) is 16.8 Å². The number of ketones is 1. The highest BCUT2D eigenvalue weighted by atomic mass is 79.9. The summed E-state index contributed by atoms with van der Waals surface area (Å²) in [4.78, 5) is 11.9. The van der Waals surface area contributed by atoms with E-state index in [1.54, 1.807) is 17.4 Å². The first-order valence-electron chi connectivity index (χ1n) is 4.66. The van der Waals surface area contributed by atoms with Crippen molar-refractivity contribution in [3.63, 3.8) is 0 Å². The van der Waals surface area contributed by atoms with Gasteiger partial charge in [-0.05, 0) is 40.6 Å². The first kappa shape index (κ1) is 11.5. The Labute approximate surface area is 105 Å². The van der Waals surface area contributed by atoms with Crippen LogP contribution in [0.4, 0.5) is 4.39 Å². The molecule has 82 valence electrons. The van der Waals surface area contributed by atoms with Gasteiger partial charge in [0.15, 0.2) is 5.78 Å². The topological polar surface area (TPSA) is 17.1 Å². The van der Waals surface area contributed by atoms with E-state index in [0.29, 0.717) is 16.5 Å². The van der Waals surface area contributed by atoms with Gasteiger partial charge in [-0.25, -0.2) is 4.39 Å². The van der Waals surface area contributed by atoms with Crippen LogP contribution in [0, 0.1) is 5.82 Å². The van der Waals surface area contributed by atoms with Crippen molar-refractivity contribution in [1.29, 1.82) is 0 Å². The zero-order valence-corrected chi connectivity index (χ0v) is 10.6. The van der Waals surface area contributed by atoms with Gasteiger partial charge in [-0.15, -0.1) is 0 Å². The standard InChI is InChI=1S/C12H8BrFOS/c13-11-2-1-9(14)6-10(11)12(15)5-8-3-4-16-7-8/h1-4,6-7H,5H2. The highest BCUT2D eigenvalue weighted by Gasteiger charge is 2.12. The molecule has 0 saturated heterocycles. The second kappa shape index (κ2) is 4.89. The molecule has 1 nitrogen and oxygen atoms in total. The molecule has 0 N–H and O–H groups in total. The van der Waals surface area contributed by atoms with Gasteiger partial charge >= 0.3 is 0 Å². The monoisotopic (exact) mass is 298 g/mol. The minimum Gasteiger partial charge on any atom is -0.294 e. The van der Waals surface area contributed by atoms with E-state index < -0.39 is 5.82 Å². The average molecular weight is 299 g/mol. The molecule has 2 aromatic rings. The average Bonchev–Trinajstić information content (AvgIpc) is 2.74. The quantitative estimate of drug-likeness (QED) is 0.781. The molecular formula is C12H8BrFOS. The number of Topliss-reactive ketones (excluding diaryl/α,β-unsaturated/α-hetero) is 1. The summed E-state index contributed by atoms with van der Waals surface area (Å²) in [5, 5.41) is 3.84. The molecule has 0 aliphatic heterocycles. The molecule has 4 heteroatoms. The molecule has 1 heterocycles. The Balaban J connectivity index is 2.24. The Morgan fingerprint density at radius 2 is 2.19 bits per heavy atom. The van der Waals surface area contributed by atoms with E-state index in [2.05, 4.69) is 15.9 Å². The highest BCUT2D eigenvalue weighted by molar-refractivity contribution is 9.10. The maximum Gasteiger partial charge on any atom is 0.168 e. The predicted molar refractivity (Wildman–Crippen MR) is 66.5 cm³/mol. The van der Waals surface area contributed by atoms with Crippen LogP contribution in [0.2, 0.25) is 0 Å². The van der Waals surface area contributed by atoms with Gasteiger partial charge in [0.05, 0.1) is 0 Å². The van der Waals surface area contributed by atoms with Crippen molar-refractivity contribution in [1.82, 2.24) is 0 Å². The Morgan fingerprint density at radius 1 is 1.38 bits per heavy atom. The number of halogens is 2. The van der Waals surface area contributed by atoms with Crippen LogP contribution in [-0.2, 0) is 6.42 Å². The maximum atomic E-state index is 13.0. The molecule has 0 atom stereocenters. The number of benzene rings is 1. The summed E-state index contributed by atoms with van der Waals surface area (Å²) < 4.78 is 13.6. The van der Waals surface area contributed by atoms with Crippen LogP contribution >= 0.6 is 27.3 Å². The van der Waals surface area contributed by atoms with Crippen molar-refractivity contribution >= 4 is 33.0 Å². The van der Waals surface area contributed by atoms with Crippen LogP contribution in [0.25, 0.3) is 0 Å². The molecule has 0 amide bonds. The smallest absolute Gasteiger partial charge is 0.168 e. The fraction of sp³-hybridized carbons (Fsp3) is 0.0833. The van der Waals surface area contributed by atoms with Gasteiger partial charge in [-0.3, -0.25) is 4.79 Å². The number of carbonyl (C=O) groups excluding carboxylic acids is 1. The molecule has 0 radical (unpaired) electrons. The van der Waals surface area contributed by atoms with Gasteiger partial charge < -0.3 is 0 Å².